The number of imide groups is 1. The van der Waals surface area contributed by atoms with Gasteiger partial charge in [0.25, 0.3) is 0 Å². The number of hydrogen-bond acceptors (Lipinski definition) is 8. The molecule has 2 aromatic rings. The van der Waals surface area contributed by atoms with E-state index in [9.17, 15) is 24.3 Å². The topological polar surface area (TPSA) is 170 Å². The van der Waals surface area contributed by atoms with Crippen molar-refractivity contribution < 1.29 is 38.5 Å². The lowest BCUT2D eigenvalue weighted by molar-refractivity contribution is -0.139. The number of aliphatic imine (C=N–C) groups is 1. The number of benzene rings is 2. The molecule has 2 aromatic carbocycles. The molecule has 0 heterocycles. The van der Waals surface area contributed by atoms with Gasteiger partial charge in [-0.05, 0) is 83.1 Å². The molecular formula is C32H42N4O8. The maximum absolute atomic E-state index is 12.7. The normalized spacial score (nSPS) is 13.7. The van der Waals surface area contributed by atoms with Crippen molar-refractivity contribution in [3.63, 3.8) is 0 Å². The molecule has 0 saturated carbocycles. The van der Waals surface area contributed by atoms with Crippen LogP contribution in [0.2, 0.25) is 0 Å². The highest BCUT2D eigenvalue weighted by Gasteiger charge is 2.34. The van der Waals surface area contributed by atoms with E-state index in [4.69, 9.17) is 19.9 Å². The molecule has 1 aliphatic rings. The molecule has 0 saturated heterocycles. The van der Waals surface area contributed by atoms with Crippen LogP contribution >= 0.6 is 0 Å². The SMILES string of the molecule is CC(C)(C)OC(=O)N(C(=O)OC(C)(C)C)C(N)=NCCCC[C@H](NC(=O)OCC1c2ccccc2-c2ccccc21)C(=O)O. The smallest absolute Gasteiger partial charge is 0.427 e. The average Bonchev–Trinajstić information content (AvgIpc) is 3.22. The first kappa shape index (κ1) is 33.9. The van der Waals surface area contributed by atoms with Crippen molar-refractivity contribution in [1.29, 1.82) is 0 Å². The molecular weight excluding hydrogens is 568 g/mol. The van der Waals surface area contributed by atoms with Gasteiger partial charge in [0.2, 0.25) is 5.96 Å². The second kappa shape index (κ2) is 14.2. The van der Waals surface area contributed by atoms with Crippen LogP contribution in [0, 0.1) is 0 Å². The summed E-state index contributed by atoms with van der Waals surface area (Å²) in [6, 6.07) is 14.6. The van der Waals surface area contributed by atoms with Gasteiger partial charge in [-0.2, -0.15) is 0 Å². The van der Waals surface area contributed by atoms with Gasteiger partial charge in [0.1, 0.15) is 23.9 Å². The molecule has 0 aliphatic heterocycles. The maximum Gasteiger partial charge on any atom is 0.427 e. The number of amides is 3. The number of fused-ring (bicyclic) bond motifs is 3. The number of carboxylic acid groups (broad SMARTS) is 1. The number of aliphatic carboxylic acids is 1. The third-order valence-electron chi connectivity index (χ3n) is 6.49. The first-order valence-corrected chi connectivity index (χ1v) is 14.5. The molecule has 3 rings (SSSR count). The fraction of sp³-hybridized carbons (Fsp3) is 0.469. The van der Waals surface area contributed by atoms with Gasteiger partial charge < -0.3 is 30.4 Å². The molecule has 238 valence electrons. The summed E-state index contributed by atoms with van der Waals surface area (Å²) in [7, 11) is 0. The monoisotopic (exact) mass is 610 g/mol. The number of guanidine groups is 1. The Morgan fingerprint density at radius 2 is 1.39 bits per heavy atom. The first-order valence-electron chi connectivity index (χ1n) is 14.5. The molecule has 0 unspecified atom stereocenters. The summed E-state index contributed by atoms with van der Waals surface area (Å²) in [5.74, 6) is -1.77. The van der Waals surface area contributed by atoms with Gasteiger partial charge in [-0.15, -0.1) is 4.90 Å². The average molecular weight is 611 g/mol. The Morgan fingerprint density at radius 1 is 0.886 bits per heavy atom. The molecule has 0 radical (unpaired) electrons. The predicted molar refractivity (Wildman–Crippen MR) is 164 cm³/mol. The second-order valence-electron chi connectivity index (χ2n) is 12.4. The Hall–Kier alpha value is -4.61. The number of carbonyl (C=O) groups is 4. The fourth-order valence-corrected chi connectivity index (χ4v) is 4.64. The summed E-state index contributed by atoms with van der Waals surface area (Å²) < 4.78 is 16.0. The number of hydrogen-bond donors (Lipinski definition) is 3. The van der Waals surface area contributed by atoms with E-state index in [2.05, 4.69) is 10.3 Å². The highest BCUT2D eigenvalue weighted by molar-refractivity contribution is 6.07. The molecule has 44 heavy (non-hydrogen) atoms. The van der Waals surface area contributed by atoms with Gasteiger partial charge in [-0.3, -0.25) is 4.99 Å². The Balaban J connectivity index is 1.53. The number of rotatable bonds is 9. The molecule has 0 spiro atoms. The third-order valence-corrected chi connectivity index (χ3v) is 6.49. The van der Waals surface area contributed by atoms with Crippen molar-refractivity contribution >= 4 is 30.2 Å². The lowest BCUT2D eigenvalue weighted by atomic mass is 9.98. The zero-order chi connectivity index (χ0) is 32.7. The Morgan fingerprint density at radius 3 is 1.86 bits per heavy atom. The van der Waals surface area contributed by atoms with Crippen LogP contribution in [-0.4, -0.2) is 70.6 Å². The molecule has 1 atom stereocenters. The minimum absolute atomic E-state index is 0.0615. The number of alkyl carbamates (subject to hydrolysis) is 1. The quantitative estimate of drug-likeness (QED) is 0.141. The van der Waals surface area contributed by atoms with Crippen molar-refractivity contribution in [1.82, 2.24) is 10.2 Å². The van der Waals surface area contributed by atoms with Gasteiger partial charge in [-0.1, -0.05) is 48.5 Å². The molecule has 3 amide bonds. The van der Waals surface area contributed by atoms with Crippen molar-refractivity contribution in [2.24, 2.45) is 10.7 Å². The van der Waals surface area contributed by atoms with E-state index in [1.54, 1.807) is 41.5 Å². The lowest BCUT2D eigenvalue weighted by Gasteiger charge is -2.27. The van der Waals surface area contributed by atoms with E-state index in [0.29, 0.717) is 17.7 Å². The predicted octanol–water partition coefficient (Wildman–Crippen LogP) is 5.64. The highest BCUT2D eigenvalue weighted by atomic mass is 16.6. The van der Waals surface area contributed by atoms with Crippen molar-refractivity contribution in [2.45, 2.75) is 84.0 Å². The summed E-state index contributed by atoms with van der Waals surface area (Å²) in [4.78, 5) is 54.4. The lowest BCUT2D eigenvalue weighted by Crippen LogP contribution is -2.50. The number of nitrogens with zero attached hydrogens (tertiary/aromatic N) is 2. The number of carbonyl (C=O) groups excluding carboxylic acids is 3. The van der Waals surface area contributed by atoms with Crippen LogP contribution in [0.1, 0.15) is 77.8 Å². The van der Waals surface area contributed by atoms with Gasteiger partial charge in [0.05, 0.1) is 0 Å². The molecule has 12 nitrogen and oxygen atoms in total. The van der Waals surface area contributed by atoms with E-state index in [1.807, 2.05) is 48.5 Å². The summed E-state index contributed by atoms with van der Waals surface area (Å²) >= 11 is 0. The summed E-state index contributed by atoms with van der Waals surface area (Å²) in [5, 5.41) is 12.1. The molecule has 12 heteroatoms. The van der Waals surface area contributed by atoms with E-state index >= 15 is 0 Å². The number of ether oxygens (including phenoxy) is 3. The number of nitrogens with two attached hydrogens (primary N) is 1. The molecule has 0 fully saturated rings. The van der Waals surface area contributed by atoms with Crippen LogP contribution in [0.15, 0.2) is 53.5 Å². The molecule has 4 N–H and O–H groups in total. The zero-order valence-electron chi connectivity index (χ0n) is 26.1. The van der Waals surface area contributed by atoms with E-state index in [1.165, 1.54) is 0 Å². The minimum atomic E-state index is -1.21. The van der Waals surface area contributed by atoms with Gasteiger partial charge in [0.15, 0.2) is 0 Å². The maximum atomic E-state index is 12.7. The third kappa shape index (κ3) is 9.45. The largest absolute Gasteiger partial charge is 0.480 e. The summed E-state index contributed by atoms with van der Waals surface area (Å²) in [6.45, 7) is 9.98. The van der Waals surface area contributed by atoms with Crippen molar-refractivity contribution in [3.05, 3.63) is 59.7 Å². The Bertz CT molecular complexity index is 1320. The van der Waals surface area contributed by atoms with Gasteiger partial charge in [-0.25, -0.2) is 19.2 Å². The van der Waals surface area contributed by atoms with E-state index < -0.39 is 47.5 Å². The van der Waals surface area contributed by atoms with Gasteiger partial charge >= 0.3 is 24.2 Å². The first-order chi connectivity index (χ1) is 20.6. The summed E-state index contributed by atoms with van der Waals surface area (Å²) in [5.41, 5.74) is 8.44. The highest BCUT2D eigenvalue weighted by Crippen LogP contribution is 2.44. The van der Waals surface area contributed by atoms with Gasteiger partial charge in [0, 0.05) is 12.5 Å². The van der Waals surface area contributed by atoms with Crippen LogP contribution in [0.3, 0.4) is 0 Å². The van der Waals surface area contributed by atoms with Crippen LogP contribution < -0.4 is 11.1 Å². The van der Waals surface area contributed by atoms with E-state index in [0.717, 1.165) is 22.3 Å². The molecule has 0 bridgehead atoms. The zero-order valence-corrected chi connectivity index (χ0v) is 26.1. The number of carboxylic acids is 1. The second-order valence-corrected chi connectivity index (χ2v) is 12.4. The van der Waals surface area contributed by atoms with Crippen molar-refractivity contribution in [3.8, 4) is 11.1 Å². The number of unbranched alkanes of at least 4 members (excludes halogenated alkanes) is 1. The number of nitrogens with one attached hydrogen (secondary N) is 1. The standard InChI is InChI=1S/C32H42N4O8/c1-31(2,3)43-29(40)36(30(41)44-32(4,5)6)27(33)34-18-12-11-17-25(26(37)38)35-28(39)42-19-24-22-15-9-7-13-20(22)21-14-8-10-16-23(21)24/h7-10,13-16,24-25H,11-12,17-19H2,1-6H3,(H2,33,34)(H,35,39)(H,37,38)/t25-/m0/s1. The van der Waals surface area contributed by atoms with Crippen LogP contribution in [0.5, 0.6) is 0 Å². The van der Waals surface area contributed by atoms with Crippen LogP contribution in [0.4, 0.5) is 14.4 Å². The van der Waals surface area contributed by atoms with E-state index in [-0.39, 0.29) is 25.5 Å². The Labute approximate surface area is 257 Å². The Kier molecular flexibility index (Phi) is 11.0. The molecule has 0 aromatic heterocycles. The van der Waals surface area contributed by atoms with Crippen molar-refractivity contribution in [2.75, 3.05) is 13.2 Å². The minimum Gasteiger partial charge on any atom is -0.480 e. The fourth-order valence-electron chi connectivity index (χ4n) is 4.64. The van der Waals surface area contributed by atoms with Crippen LogP contribution in [0.25, 0.3) is 11.1 Å². The van der Waals surface area contributed by atoms with Crippen LogP contribution in [-0.2, 0) is 19.0 Å². The summed E-state index contributed by atoms with van der Waals surface area (Å²) in [6.07, 6.45) is -2.11. The molecule has 1 aliphatic carbocycles.